The van der Waals surface area contributed by atoms with Crippen LogP contribution < -0.4 is 20.7 Å². The molecule has 2 heteroatoms. The summed E-state index contributed by atoms with van der Waals surface area (Å²) in [6.07, 6.45) is 0. The number of rotatable bonds is 5. The third-order valence-corrected chi connectivity index (χ3v) is 23.4. The minimum absolute atomic E-state index is 1.22. The Labute approximate surface area is 412 Å². The van der Waals surface area contributed by atoms with Crippen LogP contribution in [0.25, 0.3) is 121 Å². The first kappa shape index (κ1) is 41.1. The molecule has 14 rings (SSSR count). The highest BCUT2D eigenvalue weighted by Crippen LogP contribution is 2.50. The van der Waals surface area contributed by atoms with Gasteiger partial charge < -0.3 is 0 Å². The van der Waals surface area contributed by atoms with Gasteiger partial charge in [0.1, 0.15) is 16.1 Å². The van der Waals surface area contributed by atoms with Crippen LogP contribution in [0.15, 0.2) is 231 Å². The van der Waals surface area contributed by atoms with Gasteiger partial charge in [0.25, 0.3) is 0 Å². The van der Waals surface area contributed by atoms with Crippen molar-refractivity contribution in [2.24, 2.45) is 0 Å². The number of hydrogen-bond donors (Lipinski definition) is 0. The lowest BCUT2D eigenvalue weighted by Gasteiger charge is -2.25. The summed E-state index contributed by atoms with van der Waals surface area (Å²) in [4.78, 5) is 0. The predicted octanol–water partition coefficient (Wildman–Crippen LogP) is 16.2. The minimum atomic E-state index is -2.09. The van der Waals surface area contributed by atoms with E-state index in [9.17, 15) is 0 Å². The van der Waals surface area contributed by atoms with Gasteiger partial charge in [-0.1, -0.05) is 245 Å². The fraction of sp³-hybridized carbons (Fsp3) is 0.0588. The first-order valence-corrected chi connectivity index (χ1v) is 30.8. The van der Waals surface area contributed by atoms with E-state index in [0.717, 1.165) is 0 Å². The molecule has 0 aromatic heterocycles. The lowest BCUT2D eigenvalue weighted by atomic mass is 9.81. The zero-order valence-corrected chi connectivity index (χ0v) is 41.9. The van der Waals surface area contributed by atoms with E-state index >= 15 is 0 Å². The van der Waals surface area contributed by atoms with Gasteiger partial charge in [0.15, 0.2) is 0 Å². The first-order chi connectivity index (χ1) is 34.3. The molecule has 0 atom stereocenters. The molecule has 0 spiro atoms. The second-order valence-electron chi connectivity index (χ2n) is 20.6. The van der Waals surface area contributed by atoms with E-state index in [-0.39, 0.29) is 0 Å². The summed E-state index contributed by atoms with van der Waals surface area (Å²) in [5, 5.41) is 16.3. The average molecular weight is 923 g/mol. The Hall–Kier alpha value is -7.89. The van der Waals surface area contributed by atoms with Gasteiger partial charge in [-0.25, -0.2) is 0 Å². The summed E-state index contributed by atoms with van der Waals surface area (Å²) in [7, 11) is -4.19. The average Bonchev–Trinajstić information content (AvgIpc) is 3.79. The molecule has 70 heavy (non-hydrogen) atoms. The van der Waals surface area contributed by atoms with Crippen molar-refractivity contribution < 1.29 is 0 Å². The second-order valence-corrected chi connectivity index (χ2v) is 29.2. The summed E-state index contributed by atoms with van der Waals surface area (Å²) in [5.41, 5.74) is 18.5. The minimum Gasteiger partial charge on any atom is -0.0623 e. The summed E-state index contributed by atoms with van der Waals surface area (Å²) in [6, 6.07) is 87.9. The van der Waals surface area contributed by atoms with Crippen molar-refractivity contribution >= 4 is 80.0 Å². The highest BCUT2D eigenvalue weighted by molar-refractivity contribution is 7.05. The molecule has 0 fully saturated rings. The van der Waals surface area contributed by atoms with E-state index in [0.29, 0.717) is 0 Å². The summed E-state index contributed by atoms with van der Waals surface area (Å²) < 4.78 is 0. The van der Waals surface area contributed by atoms with Crippen molar-refractivity contribution in [2.75, 3.05) is 0 Å². The largest absolute Gasteiger partial charge is 0.114 e. The Morgan fingerprint density at radius 1 is 0.214 bits per heavy atom. The van der Waals surface area contributed by atoms with Gasteiger partial charge in [0.05, 0.1) is 0 Å². The van der Waals surface area contributed by atoms with Crippen LogP contribution in [0.4, 0.5) is 0 Å². The molecule has 0 aliphatic carbocycles. The Morgan fingerprint density at radius 2 is 0.486 bits per heavy atom. The third-order valence-electron chi connectivity index (χ3n) is 16.2. The van der Waals surface area contributed by atoms with Gasteiger partial charge >= 0.3 is 0 Å². The molecule has 12 aromatic carbocycles. The molecule has 0 N–H and O–H groups in total. The number of benzene rings is 12. The molecule has 330 valence electrons. The predicted molar refractivity (Wildman–Crippen MR) is 308 cm³/mol. The monoisotopic (exact) mass is 922 g/mol. The van der Waals surface area contributed by atoms with Gasteiger partial charge in [0, 0.05) is 0 Å². The molecule has 12 aromatic rings. The zero-order valence-electron chi connectivity index (χ0n) is 39.9. The summed E-state index contributed by atoms with van der Waals surface area (Å²) in [6.45, 7) is 10.2. The highest BCUT2D eigenvalue weighted by atomic mass is 28.3. The smallest absolute Gasteiger partial charge is 0.0623 e. The van der Waals surface area contributed by atoms with E-state index in [1.807, 2.05) is 0 Å². The summed E-state index contributed by atoms with van der Waals surface area (Å²) in [5.74, 6) is 0. The molecular weight excluding hydrogens is 873 g/mol. The quantitative estimate of drug-likeness (QED) is 0.119. The Balaban J connectivity index is 1.17. The van der Waals surface area contributed by atoms with Gasteiger partial charge in [-0.15, -0.1) is 0 Å². The van der Waals surface area contributed by atoms with Crippen molar-refractivity contribution in [2.45, 2.75) is 26.2 Å². The van der Waals surface area contributed by atoms with Crippen LogP contribution in [0.2, 0.25) is 26.2 Å². The zero-order chi connectivity index (χ0) is 46.9. The molecule has 2 aliphatic rings. The Kier molecular flexibility index (Phi) is 8.99. The molecule has 0 saturated heterocycles. The molecule has 0 saturated carbocycles. The van der Waals surface area contributed by atoms with E-state index in [1.54, 1.807) is 10.4 Å². The number of fused-ring (bicyclic) bond motifs is 10. The molecule has 2 heterocycles. The normalized spacial score (nSPS) is 13.9. The molecular formula is C68H50Si2. The van der Waals surface area contributed by atoms with Gasteiger partial charge in [-0.05, 0) is 154 Å². The Morgan fingerprint density at radius 3 is 0.871 bits per heavy atom. The van der Waals surface area contributed by atoms with Crippen molar-refractivity contribution in [3.05, 3.63) is 231 Å². The van der Waals surface area contributed by atoms with Crippen LogP contribution in [-0.4, -0.2) is 16.1 Å². The maximum Gasteiger partial charge on any atom is 0.114 e. The van der Waals surface area contributed by atoms with Crippen molar-refractivity contribution in [3.63, 3.8) is 0 Å². The van der Waals surface area contributed by atoms with Crippen LogP contribution in [0.1, 0.15) is 0 Å². The Bertz CT molecular complexity index is 3900. The highest BCUT2D eigenvalue weighted by Gasteiger charge is 2.41. The summed E-state index contributed by atoms with van der Waals surface area (Å²) >= 11 is 0. The molecule has 0 amide bonds. The van der Waals surface area contributed by atoms with Crippen molar-refractivity contribution in [1.82, 2.24) is 0 Å². The molecule has 0 nitrogen and oxygen atoms in total. The van der Waals surface area contributed by atoms with E-state index < -0.39 is 16.1 Å². The van der Waals surface area contributed by atoms with Crippen molar-refractivity contribution in [3.8, 4) is 77.9 Å². The van der Waals surface area contributed by atoms with Gasteiger partial charge in [0.2, 0.25) is 0 Å². The lowest BCUT2D eigenvalue weighted by molar-refractivity contribution is 1.64. The molecule has 0 unspecified atom stereocenters. The van der Waals surface area contributed by atoms with Crippen LogP contribution in [0.5, 0.6) is 0 Å². The maximum absolute atomic E-state index is 2.59. The standard InChI is InChI=1S/C68H50Si2/c1-69(2)63-39-13-11-25-49(63)57-37-19-35-55(67(57)69)47-29-17-33-53-61(47)42-62-48(56-36-20-38-58-50-26-12-14-40-64(50)70(3,4)68(56)58)30-18-34-54(62)66(53)65-51-31-15-27-45(43-21-7-5-8-22-43)59(51)41-60-46(28-16-32-52(60)65)44-23-9-6-10-24-44/h5-42H,1-4H3. The molecule has 0 radical (unpaired) electrons. The van der Waals surface area contributed by atoms with Gasteiger partial charge in [-0.3, -0.25) is 0 Å². The third kappa shape index (κ3) is 5.81. The van der Waals surface area contributed by atoms with Crippen LogP contribution >= 0.6 is 0 Å². The van der Waals surface area contributed by atoms with E-state index in [1.165, 1.54) is 131 Å². The lowest BCUT2D eigenvalue weighted by Crippen LogP contribution is -2.50. The van der Waals surface area contributed by atoms with Crippen molar-refractivity contribution in [1.29, 1.82) is 0 Å². The van der Waals surface area contributed by atoms with E-state index in [2.05, 4.69) is 257 Å². The van der Waals surface area contributed by atoms with Crippen LogP contribution in [0, 0.1) is 0 Å². The molecule has 0 bridgehead atoms. The topological polar surface area (TPSA) is 0 Å². The SMILES string of the molecule is C[Si]1(C)c2ccccc2-c2cccc(-c3cccc4c(-c5c6cccc(-c7ccccc7)c6cc6c(-c7ccccc7)cccc56)c5cccc(-c6cccc7c6[Si](C)(C)c6ccccc6-7)c5cc34)c21. The fourth-order valence-corrected chi connectivity index (χ4v) is 20.1. The fourth-order valence-electron chi connectivity index (χ4n) is 13.2. The van der Waals surface area contributed by atoms with Gasteiger partial charge in [-0.2, -0.15) is 0 Å². The van der Waals surface area contributed by atoms with Crippen LogP contribution in [0.3, 0.4) is 0 Å². The maximum atomic E-state index is 2.59. The molecule has 2 aliphatic heterocycles. The van der Waals surface area contributed by atoms with Crippen LogP contribution in [-0.2, 0) is 0 Å². The first-order valence-electron chi connectivity index (χ1n) is 24.8. The second kappa shape index (κ2) is 15.3. The number of hydrogen-bond acceptors (Lipinski definition) is 0. The van der Waals surface area contributed by atoms with E-state index in [4.69, 9.17) is 0 Å².